The first-order valence-corrected chi connectivity index (χ1v) is 9.33. The molecule has 12 heteroatoms. The highest BCUT2D eigenvalue weighted by atomic mass is 16.4. The summed E-state index contributed by atoms with van der Waals surface area (Å²) in [6.45, 7) is 3.38. The average Bonchev–Trinajstić information content (AvgIpc) is 2.62. The lowest BCUT2D eigenvalue weighted by Crippen LogP contribution is -2.56. The van der Waals surface area contributed by atoms with Gasteiger partial charge in [-0.15, -0.1) is 0 Å². The minimum atomic E-state index is -1.51. The summed E-state index contributed by atoms with van der Waals surface area (Å²) in [5.74, 6) is -4.66. The Morgan fingerprint density at radius 1 is 1.00 bits per heavy atom. The molecule has 0 fully saturated rings. The van der Waals surface area contributed by atoms with E-state index >= 15 is 0 Å². The number of unbranched alkanes of at least 4 members (excludes halogenated alkanes) is 1. The largest absolute Gasteiger partial charge is 0.480 e. The Kier molecular flexibility index (Phi) is 12.2. The number of nitrogens with two attached hydrogens (primary N) is 3. The van der Waals surface area contributed by atoms with Gasteiger partial charge in [0.1, 0.15) is 12.1 Å². The highest BCUT2D eigenvalue weighted by Gasteiger charge is 2.29. The normalized spacial score (nSPS) is 13.8. The number of nitrogens with one attached hydrogen (secondary N) is 3. The van der Waals surface area contributed by atoms with Crippen molar-refractivity contribution in [3.63, 3.8) is 0 Å². The van der Waals surface area contributed by atoms with Crippen molar-refractivity contribution in [2.75, 3.05) is 13.1 Å². The van der Waals surface area contributed by atoms with Crippen LogP contribution in [-0.2, 0) is 24.0 Å². The lowest BCUT2D eigenvalue weighted by molar-refractivity contribution is -0.144. The molecule has 0 aromatic rings. The Morgan fingerprint density at radius 3 is 2.10 bits per heavy atom. The number of carboxylic acid groups (broad SMARTS) is 1. The van der Waals surface area contributed by atoms with Crippen LogP contribution in [0.25, 0.3) is 0 Å². The van der Waals surface area contributed by atoms with Crippen LogP contribution < -0.4 is 33.2 Å². The fourth-order valence-electron chi connectivity index (χ4n) is 2.36. The Bertz CT molecular complexity index is 597. The standard InChI is InChI=1S/C17H32N6O6/c1-9(2)14(16(27)22-11(17(28)29)7-12(20)24)23-13(25)8-21-15(26)10(19)5-3-4-6-18/h9-11,14H,3-8,18-19H2,1-2H3,(H2,20,24)(H,21,26)(H,22,27)(H,23,25)(H,28,29). The molecule has 166 valence electrons. The summed E-state index contributed by atoms with van der Waals surface area (Å²) in [5, 5.41) is 16.1. The van der Waals surface area contributed by atoms with Crippen LogP contribution in [0.15, 0.2) is 0 Å². The third-order valence-electron chi connectivity index (χ3n) is 4.01. The minimum absolute atomic E-state index is 0.392. The summed E-state index contributed by atoms with van der Waals surface area (Å²) in [6, 6.07) is -3.36. The molecule has 0 aliphatic carbocycles. The molecule has 0 saturated heterocycles. The average molecular weight is 416 g/mol. The molecular formula is C17H32N6O6. The monoisotopic (exact) mass is 416 g/mol. The Hall–Kier alpha value is -2.73. The number of carbonyl (C=O) groups excluding carboxylic acids is 4. The van der Waals surface area contributed by atoms with Crippen LogP contribution >= 0.6 is 0 Å². The molecule has 0 aromatic heterocycles. The maximum atomic E-state index is 12.4. The molecular weight excluding hydrogens is 384 g/mol. The number of primary amides is 1. The van der Waals surface area contributed by atoms with Crippen LogP contribution in [0.4, 0.5) is 0 Å². The molecule has 12 nitrogen and oxygen atoms in total. The van der Waals surface area contributed by atoms with Gasteiger partial charge in [-0.25, -0.2) is 4.79 Å². The number of hydrogen-bond donors (Lipinski definition) is 7. The van der Waals surface area contributed by atoms with Crippen LogP contribution in [-0.4, -0.2) is 65.9 Å². The molecule has 0 spiro atoms. The van der Waals surface area contributed by atoms with Gasteiger partial charge in [0.05, 0.1) is 19.0 Å². The number of hydrogen-bond acceptors (Lipinski definition) is 7. The van der Waals surface area contributed by atoms with E-state index in [0.29, 0.717) is 19.4 Å². The summed E-state index contributed by atoms with van der Waals surface area (Å²) < 4.78 is 0. The molecule has 0 heterocycles. The van der Waals surface area contributed by atoms with Gasteiger partial charge in [0.2, 0.25) is 23.6 Å². The van der Waals surface area contributed by atoms with Gasteiger partial charge in [-0.2, -0.15) is 0 Å². The van der Waals surface area contributed by atoms with Crippen LogP contribution in [0.2, 0.25) is 0 Å². The molecule has 3 unspecified atom stereocenters. The summed E-state index contributed by atoms with van der Waals surface area (Å²) in [5.41, 5.74) is 16.1. The van der Waals surface area contributed by atoms with E-state index in [9.17, 15) is 24.0 Å². The number of carboxylic acids is 1. The predicted molar refractivity (Wildman–Crippen MR) is 104 cm³/mol. The maximum Gasteiger partial charge on any atom is 0.326 e. The lowest BCUT2D eigenvalue weighted by atomic mass is 10.0. The van der Waals surface area contributed by atoms with E-state index < -0.39 is 66.6 Å². The molecule has 0 rings (SSSR count). The van der Waals surface area contributed by atoms with E-state index in [1.165, 1.54) is 0 Å². The minimum Gasteiger partial charge on any atom is -0.480 e. The molecule has 29 heavy (non-hydrogen) atoms. The van der Waals surface area contributed by atoms with E-state index in [0.717, 1.165) is 6.42 Å². The maximum absolute atomic E-state index is 12.4. The van der Waals surface area contributed by atoms with Crippen LogP contribution in [0, 0.1) is 5.92 Å². The molecule has 4 amide bonds. The molecule has 0 radical (unpaired) electrons. The van der Waals surface area contributed by atoms with E-state index in [4.69, 9.17) is 22.3 Å². The Labute approximate surface area is 169 Å². The van der Waals surface area contributed by atoms with Crippen LogP contribution in [0.5, 0.6) is 0 Å². The second-order valence-electron chi connectivity index (χ2n) is 6.97. The van der Waals surface area contributed by atoms with Crippen LogP contribution in [0.3, 0.4) is 0 Å². The number of carbonyl (C=O) groups is 5. The van der Waals surface area contributed by atoms with Crippen molar-refractivity contribution in [2.45, 2.75) is 57.7 Å². The van der Waals surface area contributed by atoms with Crippen molar-refractivity contribution in [2.24, 2.45) is 23.1 Å². The third-order valence-corrected chi connectivity index (χ3v) is 4.01. The molecule has 0 aliphatic heterocycles. The zero-order valence-electron chi connectivity index (χ0n) is 16.8. The van der Waals surface area contributed by atoms with Crippen molar-refractivity contribution in [3.05, 3.63) is 0 Å². The van der Waals surface area contributed by atoms with Crippen molar-refractivity contribution in [1.29, 1.82) is 0 Å². The first kappa shape index (κ1) is 26.3. The molecule has 0 saturated carbocycles. The van der Waals surface area contributed by atoms with Gasteiger partial charge in [-0.1, -0.05) is 20.3 Å². The smallest absolute Gasteiger partial charge is 0.326 e. The summed E-state index contributed by atoms with van der Waals surface area (Å²) in [7, 11) is 0. The van der Waals surface area contributed by atoms with Crippen molar-refractivity contribution in [1.82, 2.24) is 16.0 Å². The van der Waals surface area contributed by atoms with E-state index in [1.807, 2.05) is 0 Å². The Morgan fingerprint density at radius 2 is 1.62 bits per heavy atom. The van der Waals surface area contributed by atoms with Gasteiger partial charge in [0.15, 0.2) is 0 Å². The second-order valence-corrected chi connectivity index (χ2v) is 6.97. The fourth-order valence-corrected chi connectivity index (χ4v) is 2.36. The molecule has 3 atom stereocenters. The van der Waals surface area contributed by atoms with Gasteiger partial charge in [-0.3, -0.25) is 19.2 Å². The van der Waals surface area contributed by atoms with Crippen LogP contribution in [0.1, 0.15) is 39.5 Å². The first-order chi connectivity index (χ1) is 13.5. The first-order valence-electron chi connectivity index (χ1n) is 9.33. The van der Waals surface area contributed by atoms with Crippen molar-refractivity contribution in [3.8, 4) is 0 Å². The zero-order chi connectivity index (χ0) is 22.6. The summed E-state index contributed by atoms with van der Waals surface area (Å²) in [4.78, 5) is 58.4. The predicted octanol–water partition coefficient (Wildman–Crippen LogP) is -2.86. The second kappa shape index (κ2) is 13.4. The van der Waals surface area contributed by atoms with Gasteiger partial charge < -0.3 is 38.3 Å². The van der Waals surface area contributed by atoms with Crippen molar-refractivity contribution < 1.29 is 29.1 Å². The number of aliphatic carboxylic acids is 1. The number of rotatable bonds is 14. The van der Waals surface area contributed by atoms with E-state index in [1.54, 1.807) is 13.8 Å². The topological polar surface area (TPSA) is 220 Å². The Balaban J connectivity index is 4.72. The quantitative estimate of drug-likeness (QED) is 0.146. The molecule has 0 aromatic carbocycles. The molecule has 10 N–H and O–H groups in total. The molecule has 0 bridgehead atoms. The van der Waals surface area contributed by atoms with E-state index in [-0.39, 0.29) is 0 Å². The van der Waals surface area contributed by atoms with Gasteiger partial charge >= 0.3 is 5.97 Å². The van der Waals surface area contributed by atoms with Crippen molar-refractivity contribution >= 4 is 29.6 Å². The highest BCUT2D eigenvalue weighted by molar-refractivity contribution is 5.93. The van der Waals surface area contributed by atoms with Gasteiger partial charge in [-0.05, 0) is 25.3 Å². The zero-order valence-corrected chi connectivity index (χ0v) is 16.8. The fraction of sp³-hybridized carbons (Fsp3) is 0.706. The lowest BCUT2D eigenvalue weighted by Gasteiger charge is -2.24. The number of amides is 4. The molecule has 0 aliphatic rings. The summed E-state index contributed by atoms with van der Waals surface area (Å²) in [6.07, 6.45) is 1.26. The summed E-state index contributed by atoms with van der Waals surface area (Å²) >= 11 is 0. The van der Waals surface area contributed by atoms with E-state index in [2.05, 4.69) is 16.0 Å². The third kappa shape index (κ3) is 11.0. The SMILES string of the molecule is CC(C)C(NC(=O)CNC(=O)C(N)CCCCN)C(=O)NC(CC(N)=O)C(=O)O. The van der Waals surface area contributed by atoms with Gasteiger partial charge in [0.25, 0.3) is 0 Å². The highest BCUT2D eigenvalue weighted by Crippen LogP contribution is 2.04. The van der Waals surface area contributed by atoms with Gasteiger partial charge in [0, 0.05) is 0 Å².